The van der Waals surface area contributed by atoms with Gasteiger partial charge in [-0.05, 0) is 43.7 Å². The van der Waals surface area contributed by atoms with E-state index in [4.69, 9.17) is 0 Å². The Hall–Kier alpha value is -2.43. The first-order valence-electron chi connectivity index (χ1n) is 9.16. The minimum atomic E-state index is -0.349. The number of para-hydroxylation sites is 1. The summed E-state index contributed by atoms with van der Waals surface area (Å²) >= 11 is 0. The van der Waals surface area contributed by atoms with Crippen LogP contribution in [0.1, 0.15) is 36.1 Å². The number of nitrogens with zero attached hydrogens (tertiary/aromatic N) is 4. The molecule has 5 nitrogen and oxygen atoms in total. The van der Waals surface area contributed by atoms with E-state index in [9.17, 15) is 4.79 Å². The van der Waals surface area contributed by atoms with Crippen LogP contribution in [-0.4, -0.2) is 36.0 Å². The van der Waals surface area contributed by atoms with Gasteiger partial charge in [-0.1, -0.05) is 18.2 Å². The molecule has 25 heavy (non-hydrogen) atoms. The fourth-order valence-electron chi connectivity index (χ4n) is 4.91. The molecule has 1 aromatic carbocycles. The number of anilines is 2. The lowest BCUT2D eigenvalue weighted by atomic mass is 9.73. The molecule has 3 aliphatic rings. The van der Waals surface area contributed by atoms with Gasteiger partial charge in [-0.15, -0.1) is 0 Å². The van der Waals surface area contributed by atoms with Crippen LogP contribution < -0.4 is 9.80 Å². The lowest BCUT2D eigenvalue weighted by Gasteiger charge is -2.39. The van der Waals surface area contributed by atoms with Crippen LogP contribution in [0.3, 0.4) is 0 Å². The monoisotopic (exact) mass is 334 g/mol. The van der Waals surface area contributed by atoms with Crippen LogP contribution in [0.4, 0.5) is 11.5 Å². The van der Waals surface area contributed by atoms with E-state index in [0.717, 1.165) is 50.3 Å². The summed E-state index contributed by atoms with van der Waals surface area (Å²) in [7, 11) is 1.90. The van der Waals surface area contributed by atoms with Crippen molar-refractivity contribution in [2.45, 2.75) is 37.5 Å². The summed E-state index contributed by atoms with van der Waals surface area (Å²) < 4.78 is 0. The fourth-order valence-corrected chi connectivity index (χ4v) is 4.91. The molecule has 5 heteroatoms. The van der Waals surface area contributed by atoms with Crippen LogP contribution >= 0.6 is 0 Å². The maximum absolute atomic E-state index is 13.1. The molecule has 0 bridgehead atoms. The minimum absolute atomic E-state index is 0.251. The number of benzene rings is 1. The zero-order valence-corrected chi connectivity index (χ0v) is 14.5. The molecular formula is C20H22N4O. The number of amides is 1. The number of hydrogen-bond acceptors (Lipinski definition) is 4. The van der Waals surface area contributed by atoms with E-state index in [-0.39, 0.29) is 11.3 Å². The average Bonchev–Trinajstić information content (AvgIpc) is 3.22. The molecule has 1 aromatic heterocycles. The molecule has 1 saturated heterocycles. The molecule has 2 aromatic rings. The number of piperidine rings is 1. The first kappa shape index (κ1) is 14.9. The Kier molecular flexibility index (Phi) is 3.14. The molecule has 1 aliphatic carbocycles. The standard InChI is InChI=1S/C20H22N4O/c1-23-17-8-3-2-6-15(17)20(19(23)25)9-11-24(12-10-20)18-14-5-4-7-16(14)21-13-22-18/h2-3,6,8,13H,4-5,7,9-12H2,1H3. The van der Waals surface area contributed by atoms with Gasteiger partial charge < -0.3 is 9.80 Å². The highest BCUT2D eigenvalue weighted by Crippen LogP contribution is 2.47. The third-order valence-electron chi connectivity index (χ3n) is 6.26. The zero-order valence-electron chi connectivity index (χ0n) is 14.5. The number of aryl methyl sites for hydroxylation is 1. The first-order valence-corrected chi connectivity index (χ1v) is 9.16. The van der Waals surface area contributed by atoms with Crippen LogP contribution in [0.15, 0.2) is 30.6 Å². The SMILES string of the molecule is CN1C(=O)C2(CCN(c3ncnc4c3CCC4)CC2)c2ccccc21. The van der Waals surface area contributed by atoms with Crippen LogP contribution in [0.2, 0.25) is 0 Å². The van der Waals surface area contributed by atoms with Crippen molar-refractivity contribution in [1.29, 1.82) is 0 Å². The summed E-state index contributed by atoms with van der Waals surface area (Å²) in [4.78, 5) is 26.3. The van der Waals surface area contributed by atoms with E-state index in [1.165, 1.54) is 23.2 Å². The van der Waals surface area contributed by atoms with Gasteiger partial charge in [0, 0.05) is 37.1 Å². The summed E-state index contributed by atoms with van der Waals surface area (Å²) in [5.41, 5.74) is 4.47. The summed E-state index contributed by atoms with van der Waals surface area (Å²) in [5, 5.41) is 0. The van der Waals surface area contributed by atoms with Crippen LogP contribution in [-0.2, 0) is 23.1 Å². The number of fused-ring (bicyclic) bond motifs is 3. The summed E-state index contributed by atoms with van der Waals surface area (Å²) in [6.45, 7) is 1.74. The first-order chi connectivity index (χ1) is 12.2. The highest BCUT2D eigenvalue weighted by atomic mass is 16.2. The topological polar surface area (TPSA) is 49.3 Å². The smallest absolute Gasteiger partial charge is 0.237 e. The highest BCUT2D eigenvalue weighted by Gasteiger charge is 2.51. The highest BCUT2D eigenvalue weighted by molar-refractivity contribution is 6.07. The molecule has 0 N–H and O–H groups in total. The van der Waals surface area contributed by atoms with E-state index in [2.05, 4.69) is 33.1 Å². The third-order valence-corrected chi connectivity index (χ3v) is 6.26. The van der Waals surface area contributed by atoms with Crippen LogP contribution in [0, 0.1) is 0 Å². The van der Waals surface area contributed by atoms with Crippen molar-refractivity contribution < 1.29 is 4.79 Å². The van der Waals surface area contributed by atoms with E-state index in [1.54, 1.807) is 6.33 Å². The van der Waals surface area contributed by atoms with Gasteiger partial charge in [-0.25, -0.2) is 9.97 Å². The van der Waals surface area contributed by atoms with Gasteiger partial charge in [0.1, 0.15) is 12.1 Å². The van der Waals surface area contributed by atoms with Crippen molar-refractivity contribution in [3.8, 4) is 0 Å². The summed E-state index contributed by atoms with van der Waals surface area (Å²) in [5.74, 6) is 1.35. The Labute approximate surface area is 147 Å². The lowest BCUT2D eigenvalue weighted by Crippen LogP contribution is -2.48. The van der Waals surface area contributed by atoms with Crippen molar-refractivity contribution in [2.24, 2.45) is 0 Å². The Bertz CT molecular complexity index is 855. The van der Waals surface area contributed by atoms with E-state index in [0.29, 0.717) is 0 Å². The predicted octanol–water partition coefficient (Wildman–Crippen LogP) is 2.48. The van der Waals surface area contributed by atoms with E-state index < -0.39 is 0 Å². The molecule has 1 spiro atoms. The molecule has 3 heterocycles. The molecule has 2 aliphatic heterocycles. The van der Waals surface area contributed by atoms with Gasteiger partial charge in [-0.2, -0.15) is 0 Å². The zero-order chi connectivity index (χ0) is 17.0. The van der Waals surface area contributed by atoms with Gasteiger partial charge in [0.2, 0.25) is 5.91 Å². The molecule has 128 valence electrons. The second-order valence-electron chi connectivity index (χ2n) is 7.43. The second kappa shape index (κ2) is 5.28. The maximum Gasteiger partial charge on any atom is 0.237 e. The van der Waals surface area contributed by atoms with Crippen molar-refractivity contribution in [3.05, 3.63) is 47.4 Å². The van der Waals surface area contributed by atoms with Gasteiger partial charge in [0.15, 0.2) is 0 Å². The normalized spacial score (nSPS) is 20.9. The second-order valence-corrected chi connectivity index (χ2v) is 7.43. The Balaban J connectivity index is 1.46. The van der Waals surface area contributed by atoms with Crippen molar-refractivity contribution >= 4 is 17.4 Å². The molecule has 1 fully saturated rings. The minimum Gasteiger partial charge on any atom is -0.356 e. The van der Waals surface area contributed by atoms with Crippen molar-refractivity contribution in [3.63, 3.8) is 0 Å². The largest absolute Gasteiger partial charge is 0.356 e. The Morgan fingerprint density at radius 3 is 2.72 bits per heavy atom. The summed E-state index contributed by atoms with van der Waals surface area (Å²) in [6, 6.07) is 8.26. The average molecular weight is 334 g/mol. The third kappa shape index (κ3) is 1.98. The van der Waals surface area contributed by atoms with Crippen molar-refractivity contribution in [2.75, 3.05) is 29.9 Å². The number of carbonyl (C=O) groups is 1. The molecule has 0 saturated carbocycles. The predicted molar refractivity (Wildman–Crippen MR) is 97.0 cm³/mol. The molecule has 5 rings (SSSR count). The molecule has 0 radical (unpaired) electrons. The van der Waals surface area contributed by atoms with Gasteiger partial charge >= 0.3 is 0 Å². The van der Waals surface area contributed by atoms with Gasteiger partial charge in [0.25, 0.3) is 0 Å². The van der Waals surface area contributed by atoms with E-state index in [1.807, 2.05) is 18.0 Å². The Morgan fingerprint density at radius 1 is 1.08 bits per heavy atom. The van der Waals surface area contributed by atoms with Gasteiger partial charge in [-0.3, -0.25) is 4.79 Å². The number of carbonyl (C=O) groups excluding carboxylic acids is 1. The Morgan fingerprint density at radius 2 is 1.88 bits per heavy atom. The molecule has 0 unspecified atom stereocenters. The number of rotatable bonds is 1. The fraction of sp³-hybridized carbons (Fsp3) is 0.450. The van der Waals surface area contributed by atoms with Crippen molar-refractivity contribution in [1.82, 2.24) is 9.97 Å². The lowest BCUT2D eigenvalue weighted by molar-refractivity contribution is -0.123. The molecule has 0 atom stereocenters. The van der Waals surface area contributed by atoms with Gasteiger partial charge in [0.05, 0.1) is 5.41 Å². The maximum atomic E-state index is 13.1. The van der Waals surface area contributed by atoms with E-state index >= 15 is 0 Å². The quantitative estimate of drug-likeness (QED) is 0.804. The number of likely N-dealkylation sites (N-methyl/N-ethyl adjacent to an activating group) is 1. The number of aromatic nitrogens is 2. The molecular weight excluding hydrogens is 312 g/mol. The number of hydrogen-bond donors (Lipinski definition) is 0. The molecule has 1 amide bonds. The summed E-state index contributed by atoms with van der Waals surface area (Å²) in [6.07, 6.45) is 6.73. The van der Waals surface area contributed by atoms with Crippen LogP contribution in [0.25, 0.3) is 0 Å². The van der Waals surface area contributed by atoms with Crippen LogP contribution in [0.5, 0.6) is 0 Å².